The Hall–Kier alpha value is -1.73. The van der Waals surface area contributed by atoms with E-state index >= 15 is 0 Å². The fourth-order valence-corrected chi connectivity index (χ4v) is 4.44. The van der Waals surface area contributed by atoms with Crippen molar-refractivity contribution in [1.82, 2.24) is 10.4 Å². The van der Waals surface area contributed by atoms with Crippen molar-refractivity contribution in [3.63, 3.8) is 0 Å². The molecule has 1 aliphatic rings. The largest absolute Gasteiger partial charge is 0.378 e. The van der Waals surface area contributed by atoms with E-state index in [2.05, 4.69) is 5.43 Å². The lowest BCUT2D eigenvalue weighted by Gasteiger charge is -2.26. The Morgan fingerprint density at radius 3 is 2.58 bits per heavy atom. The smallest absolute Gasteiger partial charge is 0.272 e. The minimum Gasteiger partial charge on any atom is -0.378 e. The number of rotatable bonds is 4. The molecule has 136 valence electrons. The van der Waals surface area contributed by atoms with Gasteiger partial charge in [0.05, 0.1) is 5.25 Å². The first-order valence-corrected chi connectivity index (χ1v) is 9.55. The zero-order valence-electron chi connectivity index (χ0n) is 13.7. The molecule has 2 amide bonds. The second kappa shape index (κ2) is 7.88. The summed E-state index contributed by atoms with van der Waals surface area (Å²) in [6, 6.07) is 13.5. The Kier molecular flexibility index (Phi) is 5.77. The van der Waals surface area contributed by atoms with Gasteiger partial charge in [-0.15, -0.1) is 11.8 Å². The van der Waals surface area contributed by atoms with Crippen LogP contribution in [0.15, 0.2) is 48.5 Å². The number of aliphatic hydroxyl groups excluding tert-OH is 1. The third kappa shape index (κ3) is 3.83. The Morgan fingerprint density at radius 2 is 1.92 bits per heavy atom. The maximum Gasteiger partial charge on any atom is 0.272 e. The molecular weight excluding hydrogens is 395 g/mol. The zero-order chi connectivity index (χ0) is 18.8. The molecule has 0 saturated carbocycles. The molecule has 0 bridgehead atoms. The predicted octanol–water partition coefficient (Wildman–Crippen LogP) is 3.72. The molecule has 2 N–H and O–H groups in total. The van der Waals surface area contributed by atoms with E-state index in [1.54, 1.807) is 55.5 Å². The summed E-state index contributed by atoms with van der Waals surface area (Å²) in [6.07, 6.45) is -1.38. The van der Waals surface area contributed by atoms with E-state index in [0.29, 0.717) is 21.2 Å². The Bertz CT molecular complexity index is 834. The van der Waals surface area contributed by atoms with E-state index in [4.69, 9.17) is 23.2 Å². The van der Waals surface area contributed by atoms with Crippen molar-refractivity contribution in [3.05, 3.63) is 69.7 Å². The van der Waals surface area contributed by atoms with Gasteiger partial charge in [0.15, 0.2) is 6.10 Å². The van der Waals surface area contributed by atoms with Crippen LogP contribution < -0.4 is 5.43 Å². The second-order valence-corrected chi connectivity index (χ2v) is 8.06. The van der Waals surface area contributed by atoms with Crippen LogP contribution in [0.2, 0.25) is 10.0 Å². The summed E-state index contributed by atoms with van der Waals surface area (Å²) in [5.41, 5.74) is 3.63. The predicted molar refractivity (Wildman–Crippen MR) is 103 cm³/mol. The van der Waals surface area contributed by atoms with E-state index in [0.717, 1.165) is 0 Å². The van der Waals surface area contributed by atoms with E-state index < -0.39 is 17.4 Å². The highest BCUT2D eigenvalue weighted by Crippen LogP contribution is 2.44. The average molecular weight is 411 g/mol. The Labute approximate surface area is 165 Å². The Balaban J connectivity index is 1.83. The molecule has 0 spiro atoms. The molecular formula is C18H16Cl2N2O3S. The summed E-state index contributed by atoms with van der Waals surface area (Å²) in [5, 5.41) is 11.5. The SMILES string of the molecule is CC1SC(c2ccc(Cl)cc2Cl)N(NC(=O)C(O)c2ccccc2)C1=O. The van der Waals surface area contributed by atoms with Gasteiger partial charge in [0.1, 0.15) is 5.37 Å². The molecule has 0 radical (unpaired) electrons. The van der Waals surface area contributed by atoms with Gasteiger partial charge in [-0.25, -0.2) is 5.01 Å². The van der Waals surface area contributed by atoms with E-state index in [1.165, 1.54) is 16.8 Å². The van der Waals surface area contributed by atoms with E-state index in [1.807, 2.05) is 0 Å². The lowest BCUT2D eigenvalue weighted by Crippen LogP contribution is -2.47. The number of carbonyl (C=O) groups excluding carboxylic acids is 2. The number of halogens is 2. The first kappa shape index (κ1) is 19.0. The molecule has 0 aliphatic carbocycles. The molecule has 1 aliphatic heterocycles. The first-order valence-electron chi connectivity index (χ1n) is 7.85. The number of carbonyl (C=O) groups is 2. The van der Waals surface area contributed by atoms with Crippen molar-refractivity contribution < 1.29 is 14.7 Å². The van der Waals surface area contributed by atoms with Crippen LogP contribution in [0.5, 0.6) is 0 Å². The quantitative estimate of drug-likeness (QED) is 0.805. The highest BCUT2D eigenvalue weighted by atomic mass is 35.5. The van der Waals surface area contributed by atoms with Crippen LogP contribution >= 0.6 is 35.0 Å². The van der Waals surface area contributed by atoms with Crippen molar-refractivity contribution >= 4 is 46.8 Å². The molecule has 3 rings (SSSR count). The molecule has 5 nitrogen and oxygen atoms in total. The number of nitrogens with zero attached hydrogens (tertiary/aromatic N) is 1. The number of hydrogen-bond donors (Lipinski definition) is 2. The molecule has 2 aromatic rings. The molecule has 1 fully saturated rings. The summed E-state index contributed by atoms with van der Waals surface area (Å²) in [6.45, 7) is 1.75. The number of nitrogens with one attached hydrogen (secondary N) is 1. The fourth-order valence-electron chi connectivity index (χ4n) is 2.62. The molecule has 1 saturated heterocycles. The maximum atomic E-state index is 12.5. The summed E-state index contributed by atoms with van der Waals surface area (Å²) >= 11 is 13.6. The van der Waals surface area contributed by atoms with Crippen molar-refractivity contribution in [2.24, 2.45) is 0 Å². The van der Waals surface area contributed by atoms with Crippen molar-refractivity contribution in [2.75, 3.05) is 0 Å². The van der Waals surface area contributed by atoms with E-state index in [-0.39, 0.29) is 11.2 Å². The van der Waals surface area contributed by atoms with Gasteiger partial charge in [0.25, 0.3) is 11.8 Å². The summed E-state index contributed by atoms with van der Waals surface area (Å²) < 4.78 is 0. The molecule has 26 heavy (non-hydrogen) atoms. The van der Waals surface area contributed by atoms with Gasteiger partial charge in [0.2, 0.25) is 0 Å². The second-order valence-electron chi connectivity index (χ2n) is 5.79. The Morgan fingerprint density at radius 1 is 1.23 bits per heavy atom. The third-order valence-corrected chi connectivity index (χ3v) is 5.87. The number of thioether (sulfide) groups is 1. The molecule has 8 heteroatoms. The number of aliphatic hydroxyl groups is 1. The van der Waals surface area contributed by atoms with Gasteiger partial charge >= 0.3 is 0 Å². The van der Waals surface area contributed by atoms with Gasteiger partial charge in [-0.05, 0) is 24.6 Å². The third-order valence-electron chi connectivity index (χ3n) is 3.98. The minimum atomic E-state index is -1.38. The van der Waals surface area contributed by atoms with Crippen LogP contribution in [-0.2, 0) is 9.59 Å². The normalized spacial score (nSPS) is 20.9. The molecule has 0 aromatic heterocycles. The van der Waals surface area contributed by atoms with Crippen LogP contribution in [0, 0.1) is 0 Å². The van der Waals surface area contributed by atoms with Crippen LogP contribution in [0.25, 0.3) is 0 Å². The monoisotopic (exact) mass is 410 g/mol. The molecule has 1 heterocycles. The van der Waals surface area contributed by atoms with Crippen LogP contribution in [-0.4, -0.2) is 27.2 Å². The summed E-state index contributed by atoms with van der Waals surface area (Å²) in [7, 11) is 0. The highest BCUT2D eigenvalue weighted by molar-refractivity contribution is 8.01. The van der Waals surface area contributed by atoms with Crippen LogP contribution in [0.3, 0.4) is 0 Å². The van der Waals surface area contributed by atoms with Gasteiger partial charge in [-0.2, -0.15) is 0 Å². The number of benzene rings is 2. The molecule has 2 aromatic carbocycles. The highest BCUT2D eigenvalue weighted by Gasteiger charge is 2.41. The number of amides is 2. The average Bonchev–Trinajstić information content (AvgIpc) is 2.90. The van der Waals surface area contributed by atoms with Crippen molar-refractivity contribution in [1.29, 1.82) is 0 Å². The number of hydrogen-bond acceptors (Lipinski definition) is 4. The fraction of sp³-hybridized carbons (Fsp3) is 0.222. The van der Waals surface area contributed by atoms with Gasteiger partial charge in [0, 0.05) is 15.6 Å². The lowest BCUT2D eigenvalue weighted by atomic mass is 10.1. The number of hydrazine groups is 1. The zero-order valence-corrected chi connectivity index (χ0v) is 16.1. The lowest BCUT2D eigenvalue weighted by molar-refractivity contribution is -0.144. The van der Waals surface area contributed by atoms with Gasteiger partial charge < -0.3 is 5.11 Å². The standard InChI is InChI=1S/C18H16Cl2N2O3S/c1-10-17(25)22(18(26-10)13-8-7-12(19)9-14(13)20)21-16(24)15(23)11-5-3-2-4-6-11/h2-10,15,18,23H,1H3,(H,21,24). The van der Waals surface area contributed by atoms with E-state index in [9.17, 15) is 14.7 Å². The van der Waals surface area contributed by atoms with Gasteiger partial charge in [-0.3, -0.25) is 15.0 Å². The molecule has 3 atom stereocenters. The summed E-state index contributed by atoms with van der Waals surface area (Å²) in [5.74, 6) is -0.950. The van der Waals surface area contributed by atoms with Crippen molar-refractivity contribution in [3.8, 4) is 0 Å². The minimum absolute atomic E-state index is 0.264. The van der Waals surface area contributed by atoms with Gasteiger partial charge in [-0.1, -0.05) is 59.6 Å². The maximum absolute atomic E-state index is 12.5. The topological polar surface area (TPSA) is 69.6 Å². The van der Waals surface area contributed by atoms with Crippen molar-refractivity contribution in [2.45, 2.75) is 23.7 Å². The van der Waals surface area contributed by atoms with Crippen LogP contribution in [0.1, 0.15) is 29.5 Å². The van der Waals surface area contributed by atoms with Crippen LogP contribution in [0.4, 0.5) is 0 Å². The first-order chi connectivity index (χ1) is 12.4. The molecule has 3 unspecified atom stereocenters. The summed E-state index contributed by atoms with van der Waals surface area (Å²) in [4.78, 5) is 25.0.